The van der Waals surface area contributed by atoms with E-state index in [1.807, 2.05) is 0 Å². The first kappa shape index (κ1) is 19.7. The van der Waals surface area contributed by atoms with Gasteiger partial charge in [0.2, 0.25) is 0 Å². The predicted molar refractivity (Wildman–Crippen MR) is 97.1 cm³/mol. The highest BCUT2D eigenvalue weighted by Gasteiger charge is 2.17. The highest BCUT2D eigenvalue weighted by Crippen LogP contribution is 2.33. The molecule has 2 aliphatic rings. The maximum atomic E-state index is 10.5. The van der Waals surface area contributed by atoms with Gasteiger partial charge in [-0.25, -0.2) is 0 Å². The van der Waals surface area contributed by atoms with Crippen LogP contribution in [0.4, 0.5) is 0 Å². The summed E-state index contributed by atoms with van der Waals surface area (Å²) in [5.74, 6) is 2.51. The molecule has 2 saturated carbocycles. The SMILES string of the molecule is C1CCC(CCC2CCCCC2)CC1.CC(=O)CC(C)(C)C. The van der Waals surface area contributed by atoms with Crippen molar-refractivity contribution in [2.75, 3.05) is 0 Å². The van der Waals surface area contributed by atoms with Crippen LogP contribution < -0.4 is 0 Å². The third-order valence-corrected chi connectivity index (χ3v) is 5.21. The molecule has 1 nitrogen and oxygen atoms in total. The molecule has 0 amide bonds. The molecule has 0 atom stereocenters. The molecule has 130 valence electrons. The Balaban J connectivity index is 0.000000261. The molecular weight excluding hydrogens is 268 g/mol. The van der Waals surface area contributed by atoms with Gasteiger partial charge in [0.25, 0.3) is 0 Å². The van der Waals surface area contributed by atoms with Crippen LogP contribution in [0.3, 0.4) is 0 Å². The van der Waals surface area contributed by atoms with E-state index < -0.39 is 0 Å². The molecule has 1 heteroatoms. The van der Waals surface area contributed by atoms with Crippen molar-refractivity contribution in [3.05, 3.63) is 0 Å². The fourth-order valence-corrected chi connectivity index (χ4v) is 4.17. The zero-order chi connectivity index (χ0) is 16.4. The van der Waals surface area contributed by atoms with Crippen LogP contribution in [0.2, 0.25) is 0 Å². The summed E-state index contributed by atoms with van der Waals surface area (Å²) in [5.41, 5.74) is 0.172. The minimum Gasteiger partial charge on any atom is -0.300 e. The van der Waals surface area contributed by atoms with Crippen molar-refractivity contribution < 1.29 is 4.79 Å². The third kappa shape index (κ3) is 10.4. The number of carbonyl (C=O) groups is 1. The van der Waals surface area contributed by atoms with Gasteiger partial charge in [-0.1, -0.05) is 97.8 Å². The van der Waals surface area contributed by atoms with Gasteiger partial charge in [0.1, 0.15) is 5.78 Å². The zero-order valence-corrected chi connectivity index (χ0v) is 15.8. The number of hydrogen-bond donors (Lipinski definition) is 0. The minimum absolute atomic E-state index is 0.172. The first-order valence-electron chi connectivity index (χ1n) is 9.86. The number of Topliss-reactive ketones (excluding diaryl/α,β-unsaturated/α-hetero) is 1. The van der Waals surface area contributed by atoms with E-state index in [1.54, 1.807) is 45.4 Å². The highest BCUT2D eigenvalue weighted by molar-refractivity contribution is 5.76. The van der Waals surface area contributed by atoms with E-state index in [0.717, 1.165) is 11.8 Å². The minimum atomic E-state index is 0.172. The van der Waals surface area contributed by atoms with Gasteiger partial charge in [-0.3, -0.25) is 0 Å². The van der Waals surface area contributed by atoms with E-state index in [0.29, 0.717) is 6.42 Å². The van der Waals surface area contributed by atoms with Crippen LogP contribution in [0.1, 0.15) is 111 Å². The maximum Gasteiger partial charge on any atom is 0.130 e. The summed E-state index contributed by atoms with van der Waals surface area (Å²) >= 11 is 0. The second kappa shape index (κ2) is 10.4. The normalized spacial score (nSPS) is 21.1. The molecule has 0 aromatic rings. The summed E-state index contributed by atoms with van der Waals surface area (Å²) < 4.78 is 0. The topological polar surface area (TPSA) is 17.1 Å². The molecule has 2 rings (SSSR count). The van der Waals surface area contributed by atoms with Crippen molar-refractivity contribution in [3.8, 4) is 0 Å². The van der Waals surface area contributed by atoms with E-state index >= 15 is 0 Å². The molecule has 0 heterocycles. The van der Waals surface area contributed by atoms with Crippen LogP contribution in [-0.4, -0.2) is 5.78 Å². The average molecular weight is 309 g/mol. The van der Waals surface area contributed by atoms with Crippen LogP contribution in [-0.2, 0) is 4.79 Å². The Morgan fingerprint density at radius 1 is 0.773 bits per heavy atom. The standard InChI is InChI=1S/C14H26.C7H14O/c1-3-7-13(8-4-1)11-12-14-9-5-2-6-10-14;1-6(8)5-7(2,3)4/h13-14H,1-12H2;5H2,1-4H3. The van der Waals surface area contributed by atoms with Gasteiger partial charge in [-0.15, -0.1) is 0 Å². The van der Waals surface area contributed by atoms with Crippen LogP contribution in [0, 0.1) is 17.3 Å². The third-order valence-electron chi connectivity index (χ3n) is 5.21. The molecule has 0 bridgehead atoms. The molecule has 2 aliphatic carbocycles. The van der Waals surface area contributed by atoms with Gasteiger partial charge in [0.15, 0.2) is 0 Å². The van der Waals surface area contributed by atoms with Crippen LogP contribution in [0.25, 0.3) is 0 Å². The Morgan fingerprint density at radius 3 is 1.36 bits per heavy atom. The fourth-order valence-electron chi connectivity index (χ4n) is 4.17. The van der Waals surface area contributed by atoms with E-state index in [9.17, 15) is 4.79 Å². The number of carbonyl (C=O) groups excluding carboxylic acids is 1. The summed E-state index contributed by atoms with van der Waals surface area (Å²) in [4.78, 5) is 10.5. The van der Waals surface area contributed by atoms with Crippen molar-refractivity contribution in [2.45, 2.75) is 111 Å². The first-order chi connectivity index (χ1) is 10.4. The predicted octanol–water partition coefficient (Wildman–Crippen LogP) is 6.94. The summed E-state index contributed by atoms with van der Waals surface area (Å²) in [7, 11) is 0. The van der Waals surface area contributed by atoms with Crippen molar-refractivity contribution in [2.24, 2.45) is 17.3 Å². The van der Waals surface area contributed by atoms with Gasteiger partial charge in [0, 0.05) is 6.42 Å². The smallest absolute Gasteiger partial charge is 0.130 e. The van der Waals surface area contributed by atoms with E-state index in [-0.39, 0.29) is 11.2 Å². The van der Waals surface area contributed by atoms with Gasteiger partial charge in [0.05, 0.1) is 0 Å². The lowest BCUT2D eigenvalue weighted by Crippen LogP contribution is -2.11. The Morgan fingerprint density at radius 2 is 1.14 bits per heavy atom. The van der Waals surface area contributed by atoms with E-state index in [2.05, 4.69) is 20.8 Å². The molecule has 0 aromatic heterocycles. The highest BCUT2D eigenvalue weighted by atomic mass is 16.1. The Labute approximate surface area is 139 Å². The van der Waals surface area contributed by atoms with Crippen molar-refractivity contribution >= 4 is 5.78 Å². The summed E-state index contributed by atoms with van der Waals surface area (Å²) in [6.07, 6.45) is 19.1. The molecule has 0 aromatic carbocycles. The van der Waals surface area contributed by atoms with E-state index in [1.165, 1.54) is 38.5 Å². The Kier molecular flexibility index (Phi) is 9.36. The lowest BCUT2D eigenvalue weighted by molar-refractivity contribution is -0.118. The summed E-state index contributed by atoms with van der Waals surface area (Å²) in [6.45, 7) is 7.82. The lowest BCUT2D eigenvalue weighted by Gasteiger charge is -2.26. The molecule has 22 heavy (non-hydrogen) atoms. The van der Waals surface area contributed by atoms with Crippen molar-refractivity contribution in [1.29, 1.82) is 0 Å². The molecule has 0 spiro atoms. The van der Waals surface area contributed by atoms with Gasteiger partial charge in [-0.05, 0) is 24.2 Å². The summed E-state index contributed by atoms with van der Waals surface area (Å²) in [6, 6.07) is 0. The molecule has 0 aliphatic heterocycles. The molecule has 0 radical (unpaired) electrons. The zero-order valence-electron chi connectivity index (χ0n) is 15.8. The monoisotopic (exact) mass is 308 g/mol. The Hall–Kier alpha value is -0.330. The number of hydrogen-bond acceptors (Lipinski definition) is 1. The average Bonchev–Trinajstić information content (AvgIpc) is 2.45. The first-order valence-corrected chi connectivity index (χ1v) is 9.86. The van der Waals surface area contributed by atoms with Gasteiger partial charge < -0.3 is 4.79 Å². The lowest BCUT2D eigenvalue weighted by atomic mass is 9.80. The van der Waals surface area contributed by atoms with Crippen molar-refractivity contribution in [1.82, 2.24) is 0 Å². The number of rotatable bonds is 4. The van der Waals surface area contributed by atoms with Gasteiger partial charge in [-0.2, -0.15) is 0 Å². The molecule has 2 fully saturated rings. The van der Waals surface area contributed by atoms with Crippen LogP contribution >= 0.6 is 0 Å². The second-order valence-corrected chi connectivity index (χ2v) is 9.02. The summed E-state index contributed by atoms with van der Waals surface area (Å²) in [5, 5.41) is 0. The van der Waals surface area contributed by atoms with E-state index in [4.69, 9.17) is 0 Å². The largest absolute Gasteiger partial charge is 0.300 e. The van der Waals surface area contributed by atoms with Gasteiger partial charge >= 0.3 is 0 Å². The molecular formula is C21H40O. The molecule has 0 N–H and O–H groups in total. The number of ketones is 1. The van der Waals surface area contributed by atoms with Crippen molar-refractivity contribution in [3.63, 3.8) is 0 Å². The molecule has 0 unspecified atom stereocenters. The maximum absolute atomic E-state index is 10.5. The molecule has 0 saturated heterocycles. The van der Waals surface area contributed by atoms with Crippen LogP contribution in [0.15, 0.2) is 0 Å². The fraction of sp³-hybridized carbons (Fsp3) is 0.952. The van der Waals surface area contributed by atoms with Crippen LogP contribution in [0.5, 0.6) is 0 Å². The second-order valence-electron chi connectivity index (χ2n) is 9.02. The Bertz CT molecular complexity index is 270. The quantitative estimate of drug-likeness (QED) is 0.549.